The summed E-state index contributed by atoms with van der Waals surface area (Å²) < 4.78 is 7.71. The second-order valence-corrected chi connectivity index (χ2v) is 7.92. The van der Waals surface area contributed by atoms with Crippen LogP contribution in [0.25, 0.3) is 5.82 Å². The first kappa shape index (κ1) is 17.6. The molecule has 3 unspecified atom stereocenters. The molecule has 1 aliphatic heterocycles. The van der Waals surface area contributed by atoms with Crippen molar-refractivity contribution < 1.29 is 19.4 Å². The maximum atomic E-state index is 13.0. The van der Waals surface area contributed by atoms with E-state index in [9.17, 15) is 15.1 Å². The maximum Gasteiger partial charge on any atom is 0.272 e. The molecule has 2 aromatic heterocycles. The molecule has 5 rings (SSSR count). The van der Waals surface area contributed by atoms with Gasteiger partial charge in [0.25, 0.3) is 5.91 Å². The van der Waals surface area contributed by atoms with Crippen LogP contribution in [-0.4, -0.2) is 51.6 Å². The molecule has 148 valence electrons. The van der Waals surface area contributed by atoms with E-state index in [0.717, 1.165) is 36.9 Å². The third-order valence-electron chi connectivity index (χ3n) is 6.21. The summed E-state index contributed by atoms with van der Waals surface area (Å²) in [5, 5.41) is 29.0. The Balaban J connectivity index is 1.44. The first-order valence-corrected chi connectivity index (χ1v) is 9.82. The summed E-state index contributed by atoms with van der Waals surface area (Å²) in [6.07, 6.45) is 7.67. The average molecular weight is 385 g/mol. The first-order valence-electron chi connectivity index (χ1n) is 9.82. The Morgan fingerprint density at radius 2 is 2.29 bits per heavy atom. The lowest BCUT2D eigenvalue weighted by Crippen LogP contribution is -2.45. The first-order chi connectivity index (χ1) is 13.7. The minimum absolute atomic E-state index is 0.110. The Hall–Kier alpha value is -2.52. The third-order valence-corrected chi connectivity index (χ3v) is 6.21. The van der Waals surface area contributed by atoms with Crippen LogP contribution in [0.2, 0.25) is 0 Å². The average Bonchev–Trinajstić information content (AvgIpc) is 3.21. The van der Waals surface area contributed by atoms with Crippen molar-refractivity contribution in [3.8, 4) is 5.82 Å². The lowest BCUT2D eigenvalue weighted by molar-refractivity contribution is -0.605. The molecule has 2 fully saturated rings. The van der Waals surface area contributed by atoms with Crippen molar-refractivity contribution in [2.45, 2.75) is 37.6 Å². The standard InChI is InChI=1S/C19H23N5O4/c25-10-15(11-1-5-28-6-2-11)21-19(26)17-14-8-12-7-13(12)18(14)24(22-17)16-9-23(27)4-3-20-16/h3-4,9,11-13,15,25H,1-2,5-8,10H2,(H,21,26). The summed E-state index contributed by atoms with van der Waals surface area (Å²) in [6, 6.07) is -0.313. The molecule has 3 atom stereocenters. The smallest absolute Gasteiger partial charge is 0.272 e. The SMILES string of the molecule is O=C(NC(CO)C1CCOCC1)c1nn(-c2c[n+]([O-])ccn2)c2c1CC1CC21. The number of nitrogens with one attached hydrogen (secondary N) is 1. The van der Waals surface area contributed by atoms with Gasteiger partial charge in [0, 0.05) is 24.7 Å². The number of hydrogen-bond acceptors (Lipinski definition) is 6. The van der Waals surface area contributed by atoms with Crippen molar-refractivity contribution in [2.75, 3.05) is 19.8 Å². The number of hydrogen-bond donors (Lipinski definition) is 2. The van der Waals surface area contributed by atoms with Gasteiger partial charge < -0.3 is 20.4 Å². The molecule has 1 saturated carbocycles. The summed E-state index contributed by atoms with van der Waals surface area (Å²) in [6.45, 7) is 1.19. The van der Waals surface area contributed by atoms with Gasteiger partial charge in [-0.25, -0.2) is 9.67 Å². The number of nitrogens with zero attached hydrogens (tertiary/aromatic N) is 4. The molecule has 28 heavy (non-hydrogen) atoms. The van der Waals surface area contributed by atoms with Crippen LogP contribution in [0.4, 0.5) is 0 Å². The molecule has 9 nitrogen and oxygen atoms in total. The lowest BCUT2D eigenvalue weighted by atomic mass is 9.92. The number of ether oxygens (including phenoxy) is 1. The van der Waals surface area contributed by atoms with Gasteiger partial charge in [-0.1, -0.05) is 0 Å². The Kier molecular flexibility index (Phi) is 4.28. The van der Waals surface area contributed by atoms with Crippen molar-refractivity contribution >= 4 is 5.91 Å². The zero-order valence-electron chi connectivity index (χ0n) is 15.5. The molecule has 0 radical (unpaired) electrons. The zero-order valence-corrected chi connectivity index (χ0v) is 15.5. The molecule has 3 aliphatic rings. The number of fused-ring (bicyclic) bond motifs is 3. The van der Waals surface area contributed by atoms with Gasteiger partial charge >= 0.3 is 0 Å². The van der Waals surface area contributed by atoms with E-state index < -0.39 is 0 Å². The molecule has 0 aromatic carbocycles. The highest BCUT2D eigenvalue weighted by Gasteiger charge is 2.50. The van der Waals surface area contributed by atoms with Crippen molar-refractivity contribution in [3.05, 3.63) is 40.7 Å². The molecule has 0 spiro atoms. The number of aliphatic hydroxyl groups is 1. The number of carbonyl (C=O) groups is 1. The summed E-state index contributed by atoms with van der Waals surface area (Å²) >= 11 is 0. The molecule has 3 heterocycles. The van der Waals surface area contributed by atoms with Gasteiger partial charge in [0.1, 0.15) is 0 Å². The Labute approximate surface area is 161 Å². The van der Waals surface area contributed by atoms with E-state index in [2.05, 4.69) is 15.4 Å². The maximum absolute atomic E-state index is 13.0. The third kappa shape index (κ3) is 2.94. The van der Waals surface area contributed by atoms with Gasteiger partial charge in [-0.3, -0.25) is 4.79 Å². The van der Waals surface area contributed by atoms with E-state index in [0.29, 0.717) is 41.3 Å². The van der Waals surface area contributed by atoms with Crippen LogP contribution in [0.1, 0.15) is 46.9 Å². The number of carbonyl (C=O) groups excluding carboxylic acids is 1. The van der Waals surface area contributed by atoms with E-state index >= 15 is 0 Å². The summed E-state index contributed by atoms with van der Waals surface area (Å²) in [5.41, 5.74) is 2.33. The Morgan fingerprint density at radius 1 is 1.46 bits per heavy atom. The number of amides is 1. The van der Waals surface area contributed by atoms with Gasteiger partial charge in [0.15, 0.2) is 11.9 Å². The number of aliphatic hydroxyl groups excluding tert-OH is 1. The Bertz CT molecular complexity index is 908. The molecule has 0 bridgehead atoms. The molecule has 1 amide bonds. The van der Waals surface area contributed by atoms with Gasteiger partial charge in [-0.15, -0.1) is 0 Å². The normalized spacial score (nSPS) is 24.5. The molecule has 9 heteroatoms. The highest BCUT2D eigenvalue weighted by atomic mass is 16.5. The highest BCUT2D eigenvalue weighted by molar-refractivity contribution is 5.94. The summed E-state index contributed by atoms with van der Waals surface area (Å²) in [7, 11) is 0. The van der Waals surface area contributed by atoms with Crippen LogP contribution in [0.5, 0.6) is 0 Å². The van der Waals surface area contributed by atoms with Gasteiger partial charge in [-0.2, -0.15) is 9.83 Å². The van der Waals surface area contributed by atoms with E-state index in [1.165, 1.54) is 18.6 Å². The fourth-order valence-electron chi connectivity index (χ4n) is 4.62. The monoisotopic (exact) mass is 385 g/mol. The molecule has 2 aliphatic carbocycles. The predicted octanol–water partition coefficient (Wildman–Crippen LogP) is 0.0776. The van der Waals surface area contributed by atoms with Crippen LogP contribution in [0, 0.1) is 17.0 Å². The van der Waals surface area contributed by atoms with Crippen LogP contribution in [0.3, 0.4) is 0 Å². The van der Waals surface area contributed by atoms with E-state index in [-0.39, 0.29) is 24.5 Å². The largest absolute Gasteiger partial charge is 0.619 e. The summed E-state index contributed by atoms with van der Waals surface area (Å²) in [4.78, 5) is 17.3. The lowest BCUT2D eigenvalue weighted by Gasteiger charge is -2.29. The number of rotatable bonds is 5. The van der Waals surface area contributed by atoms with Crippen LogP contribution >= 0.6 is 0 Å². The van der Waals surface area contributed by atoms with Crippen LogP contribution in [0.15, 0.2) is 18.6 Å². The van der Waals surface area contributed by atoms with E-state index in [1.807, 2.05) is 0 Å². The van der Waals surface area contributed by atoms with Gasteiger partial charge in [0.2, 0.25) is 12.0 Å². The van der Waals surface area contributed by atoms with E-state index in [4.69, 9.17) is 4.74 Å². The molecular formula is C19H23N5O4. The van der Waals surface area contributed by atoms with E-state index in [1.54, 1.807) is 4.68 Å². The zero-order chi connectivity index (χ0) is 19.3. The van der Waals surface area contributed by atoms with Crippen molar-refractivity contribution in [2.24, 2.45) is 11.8 Å². The fourth-order valence-corrected chi connectivity index (χ4v) is 4.62. The van der Waals surface area contributed by atoms with Crippen molar-refractivity contribution in [1.29, 1.82) is 0 Å². The molecule has 2 N–H and O–H groups in total. The molecule has 1 saturated heterocycles. The second kappa shape index (κ2) is 6.82. The van der Waals surface area contributed by atoms with Gasteiger partial charge in [-0.05, 0) is 37.5 Å². The topological polar surface area (TPSA) is 116 Å². The van der Waals surface area contributed by atoms with Crippen LogP contribution < -0.4 is 10.0 Å². The summed E-state index contributed by atoms with van der Waals surface area (Å²) in [5.74, 6) is 1.28. The van der Waals surface area contributed by atoms with Crippen molar-refractivity contribution in [1.82, 2.24) is 20.1 Å². The predicted molar refractivity (Wildman–Crippen MR) is 96.8 cm³/mol. The highest BCUT2D eigenvalue weighted by Crippen LogP contribution is 2.57. The minimum Gasteiger partial charge on any atom is -0.619 e. The quantitative estimate of drug-likeness (QED) is 0.556. The fraction of sp³-hybridized carbons (Fsp3) is 0.579. The second-order valence-electron chi connectivity index (χ2n) is 7.92. The molecule has 2 aromatic rings. The number of aromatic nitrogens is 4. The minimum atomic E-state index is -0.313. The van der Waals surface area contributed by atoms with Crippen molar-refractivity contribution in [3.63, 3.8) is 0 Å². The Morgan fingerprint density at radius 3 is 3.04 bits per heavy atom. The molecular weight excluding hydrogens is 362 g/mol. The van der Waals surface area contributed by atoms with Crippen LogP contribution in [-0.2, 0) is 11.2 Å². The van der Waals surface area contributed by atoms with Gasteiger partial charge in [0.05, 0.1) is 24.5 Å².